The molecule has 21 heavy (non-hydrogen) atoms. The predicted molar refractivity (Wildman–Crippen MR) is 81.0 cm³/mol. The molecule has 0 saturated heterocycles. The van der Waals surface area contributed by atoms with Crippen LogP contribution in [0, 0.1) is 0 Å². The SMILES string of the molecule is CN1CCCc2cc(-c3cc(C(=O)O)ncn3)cc(Cl)c21. The maximum absolute atomic E-state index is 11.0. The Kier molecular flexibility index (Phi) is 3.51. The lowest BCUT2D eigenvalue weighted by atomic mass is 9.98. The van der Waals surface area contributed by atoms with Gasteiger partial charge < -0.3 is 10.0 Å². The van der Waals surface area contributed by atoms with Gasteiger partial charge in [0.2, 0.25) is 0 Å². The largest absolute Gasteiger partial charge is 0.477 e. The van der Waals surface area contributed by atoms with Crippen molar-refractivity contribution >= 4 is 23.3 Å². The monoisotopic (exact) mass is 303 g/mol. The minimum absolute atomic E-state index is 0.0223. The molecule has 0 unspecified atom stereocenters. The highest BCUT2D eigenvalue weighted by Gasteiger charge is 2.19. The number of carbonyl (C=O) groups is 1. The Morgan fingerprint density at radius 2 is 2.14 bits per heavy atom. The fourth-order valence-electron chi connectivity index (χ4n) is 2.67. The van der Waals surface area contributed by atoms with Crippen molar-refractivity contribution in [3.05, 3.63) is 40.8 Å². The lowest BCUT2D eigenvalue weighted by Crippen LogP contribution is -2.25. The van der Waals surface area contributed by atoms with E-state index in [0.29, 0.717) is 10.7 Å². The molecule has 0 radical (unpaired) electrons. The smallest absolute Gasteiger partial charge is 0.354 e. The van der Waals surface area contributed by atoms with Crippen LogP contribution in [0.5, 0.6) is 0 Å². The Balaban J connectivity index is 2.10. The van der Waals surface area contributed by atoms with Gasteiger partial charge in [0, 0.05) is 19.2 Å². The summed E-state index contributed by atoms with van der Waals surface area (Å²) in [5.74, 6) is -1.07. The first-order valence-electron chi connectivity index (χ1n) is 6.65. The van der Waals surface area contributed by atoms with Crippen LogP contribution in [0.3, 0.4) is 0 Å². The number of aromatic carboxylic acids is 1. The lowest BCUT2D eigenvalue weighted by Gasteiger charge is -2.29. The van der Waals surface area contributed by atoms with E-state index in [1.807, 2.05) is 19.2 Å². The number of hydrogen-bond donors (Lipinski definition) is 1. The van der Waals surface area contributed by atoms with Crippen LogP contribution < -0.4 is 4.90 Å². The van der Waals surface area contributed by atoms with Gasteiger partial charge in [-0.25, -0.2) is 14.8 Å². The third-order valence-electron chi connectivity index (χ3n) is 3.65. The van der Waals surface area contributed by atoms with Crippen molar-refractivity contribution in [2.24, 2.45) is 0 Å². The number of aromatic nitrogens is 2. The van der Waals surface area contributed by atoms with Crippen molar-refractivity contribution in [2.45, 2.75) is 12.8 Å². The number of hydrogen-bond acceptors (Lipinski definition) is 4. The summed E-state index contributed by atoms with van der Waals surface area (Å²) in [4.78, 5) is 21.0. The van der Waals surface area contributed by atoms with Crippen molar-refractivity contribution < 1.29 is 9.90 Å². The zero-order chi connectivity index (χ0) is 15.0. The van der Waals surface area contributed by atoms with E-state index >= 15 is 0 Å². The van der Waals surface area contributed by atoms with Crippen molar-refractivity contribution in [1.29, 1.82) is 0 Å². The maximum Gasteiger partial charge on any atom is 0.354 e. The summed E-state index contributed by atoms with van der Waals surface area (Å²) in [5.41, 5.74) is 3.59. The average Bonchev–Trinajstić information content (AvgIpc) is 2.47. The summed E-state index contributed by atoms with van der Waals surface area (Å²) >= 11 is 6.39. The van der Waals surface area contributed by atoms with E-state index in [0.717, 1.165) is 30.6 Å². The molecule has 0 aliphatic carbocycles. The fourth-order valence-corrected chi connectivity index (χ4v) is 3.06. The van der Waals surface area contributed by atoms with Crippen molar-refractivity contribution in [3.63, 3.8) is 0 Å². The van der Waals surface area contributed by atoms with Gasteiger partial charge in [-0.15, -0.1) is 0 Å². The Bertz CT molecular complexity index is 718. The van der Waals surface area contributed by atoms with Crippen molar-refractivity contribution in [3.8, 4) is 11.3 Å². The molecule has 6 heteroatoms. The van der Waals surface area contributed by atoms with E-state index in [-0.39, 0.29) is 5.69 Å². The zero-order valence-corrected chi connectivity index (χ0v) is 12.3. The molecule has 2 aromatic rings. The number of halogens is 1. The number of aryl methyl sites for hydroxylation is 1. The fraction of sp³-hybridized carbons (Fsp3) is 0.267. The molecule has 0 fully saturated rings. The van der Waals surface area contributed by atoms with Crippen LogP contribution >= 0.6 is 11.6 Å². The number of carboxylic acid groups (broad SMARTS) is 1. The molecule has 5 nitrogen and oxygen atoms in total. The van der Waals surface area contributed by atoms with Crippen LogP contribution in [0.2, 0.25) is 5.02 Å². The third-order valence-corrected chi connectivity index (χ3v) is 3.93. The first-order chi connectivity index (χ1) is 10.1. The minimum atomic E-state index is -1.07. The van der Waals surface area contributed by atoms with E-state index in [9.17, 15) is 4.79 Å². The van der Waals surface area contributed by atoms with Crippen LogP contribution in [0.1, 0.15) is 22.5 Å². The number of rotatable bonds is 2. The molecule has 108 valence electrons. The molecule has 1 aromatic carbocycles. The molecule has 1 N–H and O–H groups in total. The van der Waals surface area contributed by atoms with Gasteiger partial charge in [0.25, 0.3) is 0 Å². The highest BCUT2D eigenvalue weighted by Crippen LogP contribution is 2.37. The van der Waals surface area contributed by atoms with E-state index in [1.54, 1.807) is 0 Å². The summed E-state index contributed by atoms with van der Waals surface area (Å²) in [6, 6.07) is 5.33. The number of carboxylic acids is 1. The molecule has 0 saturated carbocycles. The molecule has 1 aromatic heterocycles. The average molecular weight is 304 g/mol. The van der Waals surface area contributed by atoms with Crippen LogP contribution in [0.25, 0.3) is 11.3 Å². The quantitative estimate of drug-likeness (QED) is 0.924. The van der Waals surface area contributed by atoms with Gasteiger partial charge in [0.1, 0.15) is 6.33 Å². The van der Waals surface area contributed by atoms with Gasteiger partial charge in [0.15, 0.2) is 5.69 Å². The first-order valence-corrected chi connectivity index (χ1v) is 7.03. The van der Waals surface area contributed by atoms with Crippen molar-refractivity contribution in [1.82, 2.24) is 9.97 Å². The Morgan fingerprint density at radius 1 is 1.33 bits per heavy atom. The Labute approximate surface area is 127 Å². The maximum atomic E-state index is 11.0. The first kappa shape index (κ1) is 13.8. The van der Waals surface area contributed by atoms with E-state index < -0.39 is 5.97 Å². The predicted octanol–water partition coefficient (Wildman–Crippen LogP) is 2.88. The van der Waals surface area contributed by atoms with Crippen molar-refractivity contribution in [2.75, 3.05) is 18.5 Å². The molecule has 3 rings (SSSR count). The van der Waals surface area contributed by atoms with Crippen LogP contribution in [0.15, 0.2) is 24.5 Å². The van der Waals surface area contributed by atoms with Gasteiger partial charge in [-0.05, 0) is 36.6 Å². The van der Waals surface area contributed by atoms with E-state index in [1.165, 1.54) is 18.0 Å². The standard InChI is InChI=1S/C15H14ClN3O2/c1-19-4-2-3-9-5-10(6-11(16)14(9)19)12-7-13(15(20)21)18-8-17-12/h5-8H,2-4H2,1H3,(H,20,21). The molecule has 0 spiro atoms. The van der Waals surface area contributed by atoms with Crippen LogP contribution in [0.4, 0.5) is 5.69 Å². The second-order valence-corrected chi connectivity index (χ2v) is 5.49. The van der Waals surface area contributed by atoms with E-state index in [4.69, 9.17) is 16.7 Å². The normalized spacial score (nSPS) is 13.9. The molecule has 0 bridgehead atoms. The zero-order valence-electron chi connectivity index (χ0n) is 11.5. The van der Waals surface area contributed by atoms with Gasteiger partial charge in [0.05, 0.1) is 16.4 Å². The summed E-state index contributed by atoms with van der Waals surface area (Å²) in [6.07, 6.45) is 3.30. The third kappa shape index (κ3) is 2.56. The number of fused-ring (bicyclic) bond motifs is 1. The van der Waals surface area contributed by atoms with Gasteiger partial charge in [-0.3, -0.25) is 0 Å². The van der Waals surface area contributed by atoms with E-state index in [2.05, 4.69) is 14.9 Å². The summed E-state index contributed by atoms with van der Waals surface area (Å²) < 4.78 is 0. The number of nitrogens with zero attached hydrogens (tertiary/aromatic N) is 3. The Morgan fingerprint density at radius 3 is 2.90 bits per heavy atom. The van der Waals surface area contributed by atoms with Gasteiger partial charge in [-0.1, -0.05) is 11.6 Å². The molecular formula is C15H14ClN3O2. The highest BCUT2D eigenvalue weighted by molar-refractivity contribution is 6.33. The molecule has 1 aliphatic rings. The summed E-state index contributed by atoms with van der Waals surface area (Å²) in [5, 5.41) is 9.68. The van der Waals surface area contributed by atoms with Gasteiger partial charge in [-0.2, -0.15) is 0 Å². The minimum Gasteiger partial charge on any atom is -0.477 e. The summed E-state index contributed by atoms with van der Waals surface area (Å²) in [6.45, 7) is 0.989. The molecule has 1 aliphatic heterocycles. The lowest BCUT2D eigenvalue weighted by molar-refractivity contribution is 0.0690. The van der Waals surface area contributed by atoms with Crippen LogP contribution in [-0.4, -0.2) is 34.6 Å². The second kappa shape index (κ2) is 5.33. The topological polar surface area (TPSA) is 66.3 Å². The molecule has 0 amide bonds. The van der Waals surface area contributed by atoms with Gasteiger partial charge >= 0.3 is 5.97 Å². The number of benzene rings is 1. The molecular weight excluding hydrogens is 290 g/mol. The number of anilines is 1. The second-order valence-electron chi connectivity index (χ2n) is 5.08. The highest BCUT2D eigenvalue weighted by atomic mass is 35.5. The molecule has 2 heterocycles. The Hall–Kier alpha value is -2.14. The van der Waals surface area contributed by atoms with Crippen LogP contribution in [-0.2, 0) is 6.42 Å². The summed E-state index contributed by atoms with van der Waals surface area (Å²) in [7, 11) is 2.02. The molecule has 0 atom stereocenters.